The molecule has 1 rings (SSSR count). The lowest BCUT2D eigenvalue weighted by molar-refractivity contribution is -0.122. The number of nitrogens with one attached hydrogen (secondary N) is 2. The van der Waals surface area contributed by atoms with E-state index >= 15 is 0 Å². The molecule has 0 spiro atoms. The van der Waals surface area contributed by atoms with E-state index in [0.717, 1.165) is 25.8 Å². The summed E-state index contributed by atoms with van der Waals surface area (Å²) in [4.78, 5) is 22.4. The van der Waals surface area contributed by atoms with Crippen LogP contribution in [0.25, 0.3) is 0 Å². The van der Waals surface area contributed by atoms with Crippen LogP contribution < -0.4 is 10.6 Å². The second-order valence-electron chi connectivity index (χ2n) is 4.73. The van der Waals surface area contributed by atoms with Crippen LogP contribution in [0, 0.1) is 11.8 Å². The number of hydrogen-bond donors (Lipinski definition) is 2. The lowest BCUT2D eigenvalue weighted by atomic mass is 10.1. The topological polar surface area (TPSA) is 58.2 Å². The Morgan fingerprint density at radius 3 is 2.69 bits per heavy atom. The summed E-state index contributed by atoms with van der Waals surface area (Å²) in [5.74, 6) is 0.823. The van der Waals surface area contributed by atoms with Gasteiger partial charge < -0.3 is 10.6 Å². The number of carbonyl (C=O) groups excluding carboxylic acids is 2. The van der Waals surface area contributed by atoms with Gasteiger partial charge in [0.25, 0.3) is 0 Å². The fourth-order valence-corrected chi connectivity index (χ4v) is 2.07. The van der Waals surface area contributed by atoms with E-state index in [1.54, 1.807) is 0 Å². The van der Waals surface area contributed by atoms with Gasteiger partial charge in [-0.15, -0.1) is 0 Å². The molecule has 1 saturated carbocycles. The van der Waals surface area contributed by atoms with Crippen molar-refractivity contribution in [1.82, 2.24) is 10.6 Å². The van der Waals surface area contributed by atoms with Gasteiger partial charge in [-0.2, -0.15) is 0 Å². The van der Waals surface area contributed by atoms with Gasteiger partial charge >= 0.3 is 0 Å². The van der Waals surface area contributed by atoms with Crippen LogP contribution in [-0.4, -0.2) is 24.4 Å². The summed E-state index contributed by atoms with van der Waals surface area (Å²) in [5, 5.41) is 5.76. The maximum Gasteiger partial charge on any atom is 0.223 e. The Balaban J connectivity index is 2.18. The van der Waals surface area contributed by atoms with Crippen LogP contribution in [0.1, 0.15) is 40.0 Å². The van der Waals surface area contributed by atoms with Gasteiger partial charge in [0.05, 0.1) is 0 Å². The summed E-state index contributed by atoms with van der Waals surface area (Å²) in [6, 6.07) is 0.173. The molecule has 3 atom stereocenters. The quantitative estimate of drug-likeness (QED) is 0.711. The Bertz CT molecular complexity index is 266. The fraction of sp³-hybridized carbons (Fsp3) is 0.833. The van der Waals surface area contributed by atoms with Crippen LogP contribution in [0.15, 0.2) is 0 Å². The standard InChI is InChI=1S/C12H22N2O2/c1-4-5-13-12(16)11-7-10(11)6-8(2)14-9(3)15/h8,10-11H,4-7H2,1-3H3,(H,13,16)(H,14,15). The van der Waals surface area contributed by atoms with Gasteiger partial charge in [0.15, 0.2) is 0 Å². The first-order chi connectivity index (χ1) is 7.54. The fourth-order valence-electron chi connectivity index (χ4n) is 2.07. The molecule has 16 heavy (non-hydrogen) atoms. The van der Waals surface area contributed by atoms with Crippen LogP contribution in [0.3, 0.4) is 0 Å². The van der Waals surface area contributed by atoms with E-state index < -0.39 is 0 Å². The van der Waals surface area contributed by atoms with Crippen molar-refractivity contribution in [2.24, 2.45) is 11.8 Å². The van der Waals surface area contributed by atoms with Gasteiger partial charge in [0.2, 0.25) is 11.8 Å². The van der Waals surface area contributed by atoms with E-state index in [0.29, 0.717) is 5.92 Å². The van der Waals surface area contributed by atoms with Crippen LogP contribution in [0.2, 0.25) is 0 Å². The first kappa shape index (κ1) is 13.0. The maximum absolute atomic E-state index is 11.6. The predicted octanol–water partition coefficient (Wildman–Crippen LogP) is 1.06. The Kier molecular flexibility index (Phi) is 4.77. The molecule has 1 aliphatic carbocycles. The number of rotatable bonds is 6. The molecule has 92 valence electrons. The maximum atomic E-state index is 11.6. The lowest BCUT2D eigenvalue weighted by Gasteiger charge is -2.11. The van der Waals surface area contributed by atoms with Crippen molar-refractivity contribution in [2.45, 2.75) is 46.1 Å². The summed E-state index contributed by atoms with van der Waals surface area (Å²) >= 11 is 0. The van der Waals surface area contributed by atoms with Crippen molar-refractivity contribution in [3.63, 3.8) is 0 Å². The smallest absolute Gasteiger partial charge is 0.223 e. The molecular formula is C12H22N2O2. The third-order valence-electron chi connectivity index (χ3n) is 2.91. The number of amides is 2. The first-order valence-corrected chi connectivity index (χ1v) is 6.09. The van der Waals surface area contributed by atoms with Gasteiger partial charge in [-0.3, -0.25) is 9.59 Å². The van der Waals surface area contributed by atoms with Crippen molar-refractivity contribution in [3.8, 4) is 0 Å². The number of carbonyl (C=O) groups is 2. The van der Waals surface area contributed by atoms with Gasteiger partial charge in [-0.05, 0) is 32.1 Å². The molecule has 0 aromatic rings. The second kappa shape index (κ2) is 5.87. The molecule has 2 N–H and O–H groups in total. The summed E-state index contributed by atoms with van der Waals surface area (Å²) < 4.78 is 0. The van der Waals surface area contributed by atoms with Crippen LogP contribution >= 0.6 is 0 Å². The molecule has 1 fully saturated rings. The van der Waals surface area contributed by atoms with Crippen LogP contribution in [0.4, 0.5) is 0 Å². The van der Waals surface area contributed by atoms with Crippen LogP contribution in [0.5, 0.6) is 0 Å². The van der Waals surface area contributed by atoms with E-state index in [1.807, 2.05) is 13.8 Å². The molecule has 1 aliphatic rings. The summed E-state index contributed by atoms with van der Waals surface area (Å²) in [7, 11) is 0. The molecule has 0 aliphatic heterocycles. The number of hydrogen-bond acceptors (Lipinski definition) is 2. The zero-order valence-corrected chi connectivity index (χ0v) is 10.4. The molecule has 0 saturated heterocycles. The van der Waals surface area contributed by atoms with Crippen molar-refractivity contribution >= 4 is 11.8 Å². The molecule has 3 unspecified atom stereocenters. The van der Waals surface area contributed by atoms with Crippen LogP contribution in [-0.2, 0) is 9.59 Å². The molecule has 4 nitrogen and oxygen atoms in total. The van der Waals surface area contributed by atoms with E-state index in [-0.39, 0.29) is 23.8 Å². The first-order valence-electron chi connectivity index (χ1n) is 6.09. The minimum Gasteiger partial charge on any atom is -0.356 e. The zero-order valence-electron chi connectivity index (χ0n) is 10.4. The molecule has 0 heterocycles. The Labute approximate surface area is 97.2 Å². The van der Waals surface area contributed by atoms with E-state index in [1.165, 1.54) is 6.92 Å². The Morgan fingerprint density at radius 1 is 1.44 bits per heavy atom. The van der Waals surface area contributed by atoms with Gasteiger partial charge in [-0.1, -0.05) is 6.92 Å². The van der Waals surface area contributed by atoms with E-state index in [2.05, 4.69) is 10.6 Å². The second-order valence-corrected chi connectivity index (χ2v) is 4.73. The third kappa shape index (κ3) is 4.21. The largest absolute Gasteiger partial charge is 0.356 e. The normalized spacial score (nSPS) is 24.7. The third-order valence-corrected chi connectivity index (χ3v) is 2.91. The van der Waals surface area contributed by atoms with Crippen molar-refractivity contribution in [3.05, 3.63) is 0 Å². The zero-order chi connectivity index (χ0) is 12.1. The van der Waals surface area contributed by atoms with Gasteiger partial charge in [0, 0.05) is 25.4 Å². The Morgan fingerprint density at radius 2 is 2.12 bits per heavy atom. The summed E-state index contributed by atoms with van der Waals surface area (Å²) in [5.41, 5.74) is 0. The molecule has 0 aromatic heterocycles. The minimum atomic E-state index is 0.000125. The lowest BCUT2D eigenvalue weighted by Crippen LogP contribution is -2.31. The average molecular weight is 226 g/mol. The average Bonchev–Trinajstić information content (AvgIpc) is 2.92. The molecule has 0 aromatic carbocycles. The molecule has 0 radical (unpaired) electrons. The summed E-state index contributed by atoms with van der Waals surface area (Å²) in [6.07, 6.45) is 2.86. The highest BCUT2D eigenvalue weighted by Gasteiger charge is 2.43. The molecule has 4 heteroatoms. The predicted molar refractivity (Wildman–Crippen MR) is 62.8 cm³/mol. The van der Waals surface area contributed by atoms with E-state index in [4.69, 9.17) is 0 Å². The highest BCUT2D eigenvalue weighted by Crippen LogP contribution is 2.42. The summed E-state index contributed by atoms with van der Waals surface area (Å²) in [6.45, 7) is 6.32. The molecular weight excluding hydrogens is 204 g/mol. The van der Waals surface area contributed by atoms with Gasteiger partial charge in [0.1, 0.15) is 0 Å². The van der Waals surface area contributed by atoms with Crippen molar-refractivity contribution < 1.29 is 9.59 Å². The van der Waals surface area contributed by atoms with Crippen molar-refractivity contribution in [2.75, 3.05) is 6.54 Å². The minimum absolute atomic E-state index is 0.000125. The monoisotopic (exact) mass is 226 g/mol. The highest BCUT2D eigenvalue weighted by molar-refractivity contribution is 5.81. The molecule has 0 bridgehead atoms. The molecule has 2 amide bonds. The van der Waals surface area contributed by atoms with Crippen molar-refractivity contribution in [1.29, 1.82) is 0 Å². The van der Waals surface area contributed by atoms with Gasteiger partial charge in [-0.25, -0.2) is 0 Å². The Hall–Kier alpha value is -1.06. The highest BCUT2D eigenvalue weighted by atomic mass is 16.2. The SMILES string of the molecule is CCCNC(=O)C1CC1CC(C)NC(C)=O. The van der Waals surface area contributed by atoms with E-state index in [9.17, 15) is 9.59 Å².